The Morgan fingerprint density at radius 3 is 1.27 bits per heavy atom. The molecule has 0 atom stereocenters. The van der Waals surface area contributed by atoms with Gasteiger partial charge in [-0.1, -0.05) is 51.3 Å². The van der Waals surface area contributed by atoms with Crippen LogP contribution < -0.4 is 10.6 Å². The molecule has 0 radical (unpaired) electrons. The van der Waals surface area contributed by atoms with Crippen LogP contribution in [0.25, 0.3) is 0 Å². The SMILES string of the molecule is Cc1cc(C)c(P(CCBr)c2c(C)cc(C)cc2C)c(C)c1. The Balaban J connectivity index is 2.67. The maximum absolute atomic E-state index is 3.69. The van der Waals surface area contributed by atoms with E-state index in [2.05, 4.69) is 81.7 Å². The normalized spacial score (nSPS) is 11.3. The first-order chi connectivity index (χ1) is 10.3. The van der Waals surface area contributed by atoms with Gasteiger partial charge in [-0.15, -0.1) is 0 Å². The Hall–Kier alpha value is -0.650. The topological polar surface area (TPSA) is 0 Å². The molecule has 2 heteroatoms. The van der Waals surface area contributed by atoms with Gasteiger partial charge in [0.15, 0.2) is 0 Å². The summed E-state index contributed by atoms with van der Waals surface area (Å²) in [5.41, 5.74) is 8.52. The molecule has 0 N–H and O–H groups in total. The highest BCUT2D eigenvalue weighted by molar-refractivity contribution is 9.09. The summed E-state index contributed by atoms with van der Waals surface area (Å²) in [6.07, 6.45) is 1.20. The molecule has 0 unspecified atom stereocenters. The number of hydrogen-bond donors (Lipinski definition) is 0. The Bertz CT molecular complexity index is 585. The van der Waals surface area contributed by atoms with E-state index in [-0.39, 0.29) is 7.92 Å². The van der Waals surface area contributed by atoms with Crippen LogP contribution in [0.2, 0.25) is 0 Å². The molecule has 0 aromatic heterocycles. The largest absolute Gasteiger partial charge is 0.0924 e. The lowest BCUT2D eigenvalue weighted by Crippen LogP contribution is -2.23. The van der Waals surface area contributed by atoms with Crippen LogP contribution in [0.3, 0.4) is 0 Å². The first kappa shape index (κ1) is 17.7. The number of rotatable bonds is 4. The average molecular weight is 377 g/mol. The van der Waals surface area contributed by atoms with Gasteiger partial charge in [0.2, 0.25) is 0 Å². The molecule has 0 spiro atoms. The second-order valence-corrected chi connectivity index (χ2v) is 9.33. The minimum atomic E-state index is -0.306. The lowest BCUT2D eigenvalue weighted by Gasteiger charge is -2.26. The minimum Gasteiger partial charge on any atom is -0.0924 e. The zero-order valence-electron chi connectivity index (χ0n) is 14.5. The standard InChI is InChI=1S/C20H26BrP/c1-13-9-15(3)19(16(4)10-13)22(8-7-21)20-17(5)11-14(2)12-18(20)6/h9-12H,7-8H2,1-6H3. The maximum atomic E-state index is 3.69. The van der Waals surface area contributed by atoms with Crippen LogP contribution >= 0.6 is 23.9 Å². The first-order valence-electron chi connectivity index (χ1n) is 7.84. The van der Waals surface area contributed by atoms with Crippen LogP contribution in [0, 0.1) is 41.5 Å². The second-order valence-electron chi connectivity index (χ2n) is 6.34. The molecule has 0 aliphatic heterocycles. The molecule has 0 fully saturated rings. The fourth-order valence-electron chi connectivity index (χ4n) is 3.62. The van der Waals surface area contributed by atoms with E-state index in [0.717, 1.165) is 5.33 Å². The molecule has 0 nitrogen and oxygen atoms in total. The van der Waals surface area contributed by atoms with Gasteiger partial charge in [0.25, 0.3) is 0 Å². The number of aryl methyl sites for hydroxylation is 6. The van der Waals surface area contributed by atoms with Crippen molar-refractivity contribution in [3.05, 3.63) is 57.6 Å². The van der Waals surface area contributed by atoms with Gasteiger partial charge < -0.3 is 0 Å². The van der Waals surface area contributed by atoms with Gasteiger partial charge in [0.1, 0.15) is 0 Å². The van der Waals surface area contributed by atoms with Crippen molar-refractivity contribution < 1.29 is 0 Å². The van der Waals surface area contributed by atoms with Crippen molar-refractivity contribution in [1.82, 2.24) is 0 Å². The van der Waals surface area contributed by atoms with Gasteiger partial charge in [-0.25, -0.2) is 0 Å². The Morgan fingerprint density at radius 1 is 0.682 bits per heavy atom. The quantitative estimate of drug-likeness (QED) is 0.497. The lowest BCUT2D eigenvalue weighted by atomic mass is 10.1. The fourth-order valence-corrected chi connectivity index (χ4v) is 7.48. The zero-order valence-corrected chi connectivity index (χ0v) is 17.0. The van der Waals surface area contributed by atoms with E-state index >= 15 is 0 Å². The van der Waals surface area contributed by atoms with Crippen LogP contribution in [0.1, 0.15) is 33.4 Å². The molecule has 118 valence electrons. The highest BCUT2D eigenvalue weighted by Crippen LogP contribution is 2.39. The van der Waals surface area contributed by atoms with Gasteiger partial charge in [-0.05, 0) is 88.5 Å². The fraction of sp³-hybridized carbons (Fsp3) is 0.400. The second kappa shape index (κ2) is 7.28. The average Bonchev–Trinajstić information content (AvgIpc) is 2.36. The summed E-state index contributed by atoms with van der Waals surface area (Å²) in [7, 11) is -0.306. The molecular weight excluding hydrogens is 351 g/mol. The monoisotopic (exact) mass is 376 g/mol. The molecule has 0 bridgehead atoms. The molecule has 0 amide bonds. The van der Waals surface area contributed by atoms with Gasteiger partial charge in [-0.3, -0.25) is 0 Å². The zero-order chi connectivity index (χ0) is 16.4. The summed E-state index contributed by atoms with van der Waals surface area (Å²) in [5.74, 6) is 0. The molecule has 2 rings (SSSR count). The lowest BCUT2D eigenvalue weighted by molar-refractivity contribution is 1.34. The summed E-state index contributed by atoms with van der Waals surface area (Å²) in [6, 6.07) is 9.35. The summed E-state index contributed by atoms with van der Waals surface area (Å²) in [5, 5.41) is 4.21. The van der Waals surface area contributed by atoms with Crippen molar-refractivity contribution in [1.29, 1.82) is 0 Å². The third-order valence-corrected chi connectivity index (χ3v) is 8.29. The van der Waals surface area contributed by atoms with Crippen LogP contribution in [0.4, 0.5) is 0 Å². The molecule has 2 aromatic rings. The number of alkyl halides is 1. The van der Waals surface area contributed by atoms with Gasteiger partial charge in [0, 0.05) is 5.33 Å². The predicted molar refractivity (Wildman–Crippen MR) is 106 cm³/mol. The number of halogens is 1. The van der Waals surface area contributed by atoms with Gasteiger partial charge in [-0.2, -0.15) is 0 Å². The minimum absolute atomic E-state index is 0.306. The van der Waals surface area contributed by atoms with Crippen molar-refractivity contribution in [2.75, 3.05) is 11.5 Å². The summed E-state index contributed by atoms with van der Waals surface area (Å²) in [4.78, 5) is 0. The van der Waals surface area contributed by atoms with Crippen LogP contribution in [-0.2, 0) is 0 Å². The van der Waals surface area contributed by atoms with Gasteiger partial charge in [0.05, 0.1) is 0 Å². The number of hydrogen-bond acceptors (Lipinski definition) is 0. The van der Waals surface area contributed by atoms with E-state index in [0.29, 0.717) is 0 Å². The van der Waals surface area contributed by atoms with E-state index < -0.39 is 0 Å². The summed E-state index contributed by atoms with van der Waals surface area (Å²) in [6.45, 7) is 13.5. The molecule has 0 aliphatic rings. The molecule has 0 saturated heterocycles. The summed E-state index contributed by atoms with van der Waals surface area (Å²) >= 11 is 3.69. The highest BCUT2D eigenvalue weighted by Gasteiger charge is 2.21. The van der Waals surface area contributed by atoms with Crippen molar-refractivity contribution in [3.63, 3.8) is 0 Å². The predicted octanol–water partition coefficient (Wildman–Crippen LogP) is 5.36. The van der Waals surface area contributed by atoms with E-state index in [1.54, 1.807) is 10.6 Å². The summed E-state index contributed by atoms with van der Waals surface area (Å²) < 4.78 is 0. The third kappa shape index (κ3) is 3.63. The van der Waals surface area contributed by atoms with Crippen LogP contribution in [0.5, 0.6) is 0 Å². The Labute approximate surface area is 145 Å². The van der Waals surface area contributed by atoms with E-state index in [1.165, 1.54) is 39.5 Å². The third-order valence-electron chi connectivity index (χ3n) is 4.12. The molecule has 22 heavy (non-hydrogen) atoms. The van der Waals surface area contributed by atoms with Crippen molar-refractivity contribution in [2.45, 2.75) is 41.5 Å². The smallest absolute Gasteiger partial charge is 0.00766 e. The first-order valence-corrected chi connectivity index (χ1v) is 10.5. The van der Waals surface area contributed by atoms with Crippen molar-refractivity contribution in [2.24, 2.45) is 0 Å². The van der Waals surface area contributed by atoms with Crippen LogP contribution in [-0.4, -0.2) is 11.5 Å². The van der Waals surface area contributed by atoms with Crippen molar-refractivity contribution in [3.8, 4) is 0 Å². The van der Waals surface area contributed by atoms with Gasteiger partial charge >= 0.3 is 0 Å². The van der Waals surface area contributed by atoms with Crippen molar-refractivity contribution >= 4 is 34.5 Å². The highest BCUT2D eigenvalue weighted by atomic mass is 79.9. The molecular formula is C20H26BrP. The van der Waals surface area contributed by atoms with E-state index in [9.17, 15) is 0 Å². The van der Waals surface area contributed by atoms with Crippen LogP contribution in [0.15, 0.2) is 24.3 Å². The number of benzene rings is 2. The molecule has 0 saturated carbocycles. The van der Waals surface area contributed by atoms with E-state index in [4.69, 9.17) is 0 Å². The molecule has 2 aromatic carbocycles. The Morgan fingerprint density at radius 2 is 1.00 bits per heavy atom. The Kier molecular flexibility index (Phi) is 5.86. The molecule has 0 heterocycles. The molecule has 0 aliphatic carbocycles. The maximum Gasteiger partial charge on any atom is 0.00766 e. The van der Waals surface area contributed by atoms with E-state index in [1.807, 2.05) is 0 Å².